The van der Waals surface area contributed by atoms with Crippen LogP contribution in [0.2, 0.25) is 0 Å². The van der Waals surface area contributed by atoms with Crippen molar-refractivity contribution in [1.29, 1.82) is 0 Å². The number of carbonyl (C=O) groups excluding carboxylic acids is 3. The molecule has 0 radical (unpaired) electrons. The van der Waals surface area contributed by atoms with Gasteiger partial charge in [-0.15, -0.1) is 0 Å². The number of benzene rings is 1. The Morgan fingerprint density at radius 3 is 2.42 bits per heavy atom. The maximum atomic E-state index is 13.3. The van der Waals surface area contributed by atoms with Crippen molar-refractivity contribution in [2.75, 3.05) is 19.6 Å². The molecule has 1 aromatic carbocycles. The van der Waals surface area contributed by atoms with Crippen LogP contribution in [0.3, 0.4) is 0 Å². The summed E-state index contributed by atoms with van der Waals surface area (Å²) in [5.41, 5.74) is 6.23. The van der Waals surface area contributed by atoms with Crippen molar-refractivity contribution >= 4 is 17.7 Å². The number of hydrogen-bond donors (Lipinski definition) is 3. The topological polar surface area (TPSA) is 116 Å². The first-order chi connectivity index (χ1) is 18.0. The fourth-order valence-corrected chi connectivity index (χ4v) is 6.89. The second kappa shape index (κ2) is 12.2. The summed E-state index contributed by atoms with van der Waals surface area (Å²) in [7, 11) is 0. The molecular weight excluding hydrogens is 480 g/mol. The van der Waals surface area contributed by atoms with Crippen LogP contribution in [0, 0.1) is 17.8 Å². The summed E-state index contributed by atoms with van der Waals surface area (Å²) in [5, 5.41) is 14.5. The highest BCUT2D eigenvalue weighted by Crippen LogP contribution is 2.39. The molecule has 1 saturated carbocycles. The highest BCUT2D eigenvalue weighted by Gasteiger charge is 2.43. The molecule has 0 aromatic heterocycles. The number of nitrogens with two attached hydrogens (primary N) is 1. The van der Waals surface area contributed by atoms with E-state index in [1.807, 2.05) is 51.1 Å². The van der Waals surface area contributed by atoms with E-state index in [9.17, 15) is 19.5 Å². The number of carbonyl (C=O) groups is 3. The zero-order valence-corrected chi connectivity index (χ0v) is 23.3. The van der Waals surface area contributed by atoms with Crippen LogP contribution in [0.25, 0.3) is 0 Å². The normalized spacial score (nSPS) is 29.1. The molecule has 0 bridgehead atoms. The summed E-state index contributed by atoms with van der Waals surface area (Å²) in [5.74, 6) is 0.0851. The van der Waals surface area contributed by atoms with Gasteiger partial charge in [-0.3, -0.25) is 19.3 Å². The third-order valence-electron chi connectivity index (χ3n) is 8.55. The van der Waals surface area contributed by atoms with Crippen molar-refractivity contribution < 1.29 is 19.5 Å². The second-order valence-corrected chi connectivity index (χ2v) is 12.8. The number of rotatable bonds is 9. The lowest BCUT2D eigenvalue weighted by Crippen LogP contribution is -2.59. The molecule has 2 saturated heterocycles. The number of aliphatic hydroxyl groups is 1. The van der Waals surface area contributed by atoms with Gasteiger partial charge in [0, 0.05) is 43.6 Å². The van der Waals surface area contributed by atoms with E-state index in [1.54, 1.807) is 4.90 Å². The standard InChI is InChI=1S/C30H46N4O4/c1-30(2,3)32-28(37)26-15-21-11-7-8-12-22(21)17-33(26)18-25(35)19-34-24(13-20-9-5-4-6-10-20)14-23(29(34)38)16-27(31)36/h4-6,9-10,21-26,35H,7-8,11-19H2,1-3H3,(H2,31,36)(H,32,37)/t21-,22+,23?,24-,25?,26?/m0/s1. The number of fused-ring (bicyclic) bond motifs is 1. The Kier molecular flexibility index (Phi) is 9.14. The smallest absolute Gasteiger partial charge is 0.237 e. The van der Waals surface area contributed by atoms with Gasteiger partial charge in [-0.2, -0.15) is 0 Å². The lowest BCUT2D eigenvalue weighted by atomic mass is 9.72. The van der Waals surface area contributed by atoms with Gasteiger partial charge in [0.25, 0.3) is 0 Å². The molecule has 3 fully saturated rings. The van der Waals surface area contributed by atoms with Crippen LogP contribution >= 0.6 is 0 Å². The van der Waals surface area contributed by atoms with Crippen LogP contribution in [-0.2, 0) is 20.8 Å². The number of β-amino-alcohol motifs (C(OH)–C–C–N with tert-alkyl or cyclic N) is 1. The van der Waals surface area contributed by atoms with Gasteiger partial charge in [0.2, 0.25) is 17.7 Å². The van der Waals surface area contributed by atoms with Gasteiger partial charge < -0.3 is 21.1 Å². The minimum atomic E-state index is -0.797. The Hall–Kier alpha value is -2.45. The summed E-state index contributed by atoms with van der Waals surface area (Å²) in [4.78, 5) is 42.2. The van der Waals surface area contributed by atoms with Gasteiger partial charge >= 0.3 is 0 Å². The van der Waals surface area contributed by atoms with Crippen molar-refractivity contribution in [2.24, 2.45) is 23.5 Å². The van der Waals surface area contributed by atoms with E-state index in [2.05, 4.69) is 10.2 Å². The van der Waals surface area contributed by atoms with E-state index >= 15 is 0 Å². The van der Waals surface area contributed by atoms with E-state index < -0.39 is 17.9 Å². The van der Waals surface area contributed by atoms with Crippen LogP contribution in [0.1, 0.15) is 71.3 Å². The summed E-state index contributed by atoms with van der Waals surface area (Å²) < 4.78 is 0. The van der Waals surface area contributed by atoms with Gasteiger partial charge in [0.1, 0.15) is 0 Å². The lowest BCUT2D eigenvalue weighted by molar-refractivity contribution is -0.137. The number of nitrogens with one attached hydrogen (secondary N) is 1. The Morgan fingerprint density at radius 1 is 1.08 bits per heavy atom. The molecular formula is C30H46N4O4. The Morgan fingerprint density at radius 2 is 1.76 bits per heavy atom. The molecule has 0 spiro atoms. The average molecular weight is 527 g/mol. The van der Waals surface area contributed by atoms with E-state index in [0.29, 0.717) is 31.2 Å². The van der Waals surface area contributed by atoms with Gasteiger partial charge in [0.15, 0.2) is 0 Å². The summed E-state index contributed by atoms with van der Waals surface area (Å²) in [6.07, 6.45) is 6.06. The van der Waals surface area contributed by atoms with E-state index in [4.69, 9.17) is 5.73 Å². The highest BCUT2D eigenvalue weighted by molar-refractivity contribution is 5.87. The summed E-state index contributed by atoms with van der Waals surface area (Å²) >= 11 is 0. The van der Waals surface area contributed by atoms with E-state index in [1.165, 1.54) is 25.7 Å². The fourth-order valence-electron chi connectivity index (χ4n) is 6.89. The van der Waals surface area contributed by atoms with Crippen LogP contribution in [0.15, 0.2) is 30.3 Å². The molecule has 4 rings (SSSR count). The molecule has 3 unspecified atom stereocenters. The molecule has 3 amide bonds. The van der Waals surface area contributed by atoms with Crippen LogP contribution in [-0.4, -0.2) is 76.0 Å². The van der Waals surface area contributed by atoms with Crippen molar-refractivity contribution in [2.45, 2.75) is 95.9 Å². The van der Waals surface area contributed by atoms with E-state index in [-0.39, 0.29) is 42.4 Å². The van der Waals surface area contributed by atoms with Crippen LogP contribution in [0.4, 0.5) is 0 Å². The molecule has 8 nitrogen and oxygen atoms in total. The first kappa shape index (κ1) is 28.6. The predicted molar refractivity (Wildman–Crippen MR) is 147 cm³/mol. The first-order valence-electron chi connectivity index (χ1n) is 14.4. The predicted octanol–water partition coefficient (Wildman–Crippen LogP) is 2.48. The first-order valence-corrected chi connectivity index (χ1v) is 14.4. The molecule has 38 heavy (non-hydrogen) atoms. The minimum Gasteiger partial charge on any atom is -0.390 e. The maximum Gasteiger partial charge on any atom is 0.237 e. The van der Waals surface area contributed by atoms with Crippen LogP contribution in [0.5, 0.6) is 0 Å². The average Bonchev–Trinajstić information content (AvgIpc) is 3.11. The summed E-state index contributed by atoms with van der Waals surface area (Å²) in [6, 6.07) is 9.60. The minimum absolute atomic E-state index is 0.0226. The largest absolute Gasteiger partial charge is 0.390 e. The van der Waals surface area contributed by atoms with Gasteiger partial charge in [-0.05, 0) is 63.9 Å². The van der Waals surface area contributed by atoms with Gasteiger partial charge in [-0.25, -0.2) is 0 Å². The SMILES string of the molecule is CC(C)(C)NC(=O)C1C[C@@H]2CCCC[C@@H]2CN1CC(O)CN1C(=O)C(CC(N)=O)C[C@@H]1Cc1ccccc1. The molecule has 3 aliphatic rings. The quantitative estimate of drug-likeness (QED) is 0.457. The zero-order valence-electron chi connectivity index (χ0n) is 23.3. The number of amides is 3. The molecule has 210 valence electrons. The molecule has 1 aliphatic carbocycles. The highest BCUT2D eigenvalue weighted by atomic mass is 16.3. The molecule has 2 aliphatic heterocycles. The third-order valence-corrected chi connectivity index (χ3v) is 8.55. The summed E-state index contributed by atoms with van der Waals surface area (Å²) in [6.45, 7) is 7.30. The molecule has 4 N–H and O–H groups in total. The van der Waals surface area contributed by atoms with Crippen molar-refractivity contribution in [3.8, 4) is 0 Å². The van der Waals surface area contributed by atoms with Crippen molar-refractivity contribution in [3.63, 3.8) is 0 Å². The van der Waals surface area contributed by atoms with E-state index in [0.717, 1.165) is 18.5 Å². The Bertz CT molecular complexity index is 978. The van der Waals surface area contributed by atoms with Crippen molar-refractivity contribution in [1.82, 2.24) is 15.1 Å². The third kappa shape index (κ3) is 7.35. The number of primary amides is 1. The fraction of sp³-hybridized carbons (Fsp3) is 0.700. The number of aliphatic hydroxyl groups excluding tert-OH is 1. The maximum absolute atomic E-state index is 13.3. The number of nitrogens with zero attached hydrogens (tertiary/aromatic N) is 2. The second-order valence-electron chi connectivity index (χ2n) is 12.8. The molecule has 2 heterocycles. The van der Waals surface area contributed by atoms with Gasteiger partial charge in [0.05, 0.1) is 12.1 Å². The molecule has 6 atom stereocenters. The Balaban J connectivity index is 1.47. The Labute approximate surface area is 227 Å². The van der Waals surface area contributed by atoms with Crippen LogP contribution < -0.4 is 11.1 Å². The van der Waals surface area contributed by atoms with Crippen molar-refractivity contribution in [3.05, 3.63) is 35.9 Å². The number of likely N-dealkylation sites (tertiary alicyclic amines) is 2. The monoisotopic (exact) mass is 526 g/mol. The lowest BCUT2D eigenvalue weighted by Gasteiger charge is -2.46. The molecule has 8 heteroatoms. The van der Waals surface area contributed by atoms with Gasteiger partial charge in [-0.1, -0.05) is 49.6 Å². The molecule has 1 aromatic rings. The number of piperidine rings is 1. The number of hydrogen-bond acceptors (Lipinski definition) is 5. The zero-order chi connectivity index (χ0) is 27.4.